The number of imide groups is 1. The van der Waals surface area contributed by atoms with Gasteiger partial charge in [-0.1, -0.05) is 23.8 Å². The van der Waals surface area contributed by atoms with Crippen molar-refractivity contribution in [1.29, 1.82) is 0 Å². The fourth-order valence-corrected chi connectivity index (χ4v) is 4.75. The van der Waals surface area contributed by atoms with Crippen LogP contribution in [0.25, 0.3) is 0 Å². The summed E-state index contributed by atoms with van der Waals surface area (Å²) in [5, 5.41) is 10.9. The number of fused-ring (bicyclic) bond motifs is 1. The third-order valence-electron chi connectivity index (χ3n) is 6.35. The van der Waals surface area contributed by atoms with Crippen molar-refractivity contribution < 1.29 is 14.4 Å². The van der Waals surface area contributed by atoms with Gasteiger partial charge >= 0.3 is 0 Å². The topological polar surface area (TPSA) is 100 Å². The summed E-state index contributed by atoms with van der Waals surface area (Å²) in [5.41, 5.74) is 3.53. The first-order valence-electron chi connectivity index (χ1n) is 10.9. The van der Waals surface area contributed by atoms with E-state index in [0.29, 0.717) is 25.1 Å². The van der Waals surface area contributed by atoms with Gasteiger partial charge in [-0.2, -0.15) is 0 Å². The van der Waals surface area contributed by atoms with E-state index in [1.807, 2.05) is 29.1 Å². The number of hydrogen-bond donors (Lipinski definition) is 1. The molecule has 2 saturated heterocycles. The first-order chi connectivity index (χ1) is 15.1. The third kappa shape index (κ3) is 4.10. The van der Waals surface area contributed by atoms with Crippen molar-refractivity contribution in [1.82, 2.24) is 30.1 Å². The van der Waals surface area contributed by atoms with Gasteiger partial charge in [-0.05, 0) is 49.5 Å². The molecule has 0 saturated carbocycles. The molecule has 1 aromatic heterocycles. The molecule has 9 heteroatoms. The molecule has 5 rings (SSSR count). The largest absolute Gasteiger partial charge is 0.322 e. The molecule has 1 unspecified atom stereocenters. The van der Waals surface area contributed by atoms with Gasteiger partial charge in [-0.15, -0.1) is 5.10 Å². The number of piperidine rings is 2. The van der Waals surface area contributed by atoms with Gasteiger partial charge in [0.05, 0.1) is 18.4 Å². The maximum absolute atomic E-state index is 12.8. The van der Waals surface area contributed by atoms with Gasteiger partial charge in [0.1, 0.15) is 6.04 Å². The molecule has 0 radical (unpaired) electrons. The summed E-state index contributed by atoms with van der Waals surface area (Å²) < 4.78 is 1.83. The van der Waals surface area contributed by atoms with Gasteiger partial charge in [0.25, 0.3) is 5.91 Å². The predicted octanol–water partition coefficient (Wildman–Crippen LogP) is 1.07. The minimum absolute atomic E-state index is 0.152. The maximum Gasteiger partial charge on any atom is 0.255 e. The minimum Gasteiger partial charge on any atom is -0.322 e. The minimum atomic E-state index is -0.589. The molecular weight excluding hydrogens is 396 g/mol. The van der Waals surface area contributed by atoms with E-state index in [1.165, 1.54) is 19.3 Å². The number of benzene rings is 1. The maximum atomic E-state index is 12.8. The molecule has 9 nitrogen and oxygen atoms in total. The number of carbonyl (C=O) groups is 3. The number of nitrogens with zero attached hydrogens (tertiary/aromatic N) is 5. The van der Waals surface area contributed by atoms with Crippen molar-refractivity contribution in [3.63, 3.8) is 0 Å². The highest BCUT2D eigenvalue weighted by atomic mass is 16.2. The monoisotopic (exact) mass is 422 g/mol. The summed E-state index contributed by atoms with van der Waals surface area (Å²) in [4.78, 5) is 40.4. The van der Waals surface area contributed by atoms with Crippen LogP contribution in [-0.2, 0) is 29.2 Å². The Morgan fingerprint density at radius 3 is 2.71 bits per heavy atom. The van der Waals surface area contributed by atoms with Crippen LogP contribution >= 0.6 is 0 Å². The molecule has 4 heterocycles. The van der Waals surface area contributed by atoms with E-state index in [1.54, 1.807) is 4.90 Å². The second-order valence-electron chi connectivity index (χ2n) is 8.64. The van der Waals surface area contributed by atoms with Gasteiger partial charge in [-0.3, -0.25) is 24.6 Å². The van der Waals surface area contributed by atoms with Crippen molar-refractivity contribution in [2.45, 2.75) is 57.8 Å². The van der Waals surface area contributed by atoms with E-state index in [4.69, 9.17) is 0 Å². The van der Waals surface area contributed by atoms with Crippen LogP contribution in [0.3, 0.4) is 0 Å². The van der Waals surface area contributed by atoms with Gasteiger partial charge in [0, 0.05) is 25.1 Å². The number of nitrogens with one attached hydrogen (secondary N) is 1. The number of rotatable bonds is 5. The zero-order valence-electron chi connectivity index (χ0n) is 17.4. The molecular formula is C22H26N6O3. The van der Waals surface area contributed by atoms with Gasteiger partial charge in [0.15, 0.2) is 0 Å². The Labute approximate surface area is 180 Å². The third-order valence-corrected chi connectivity index (χ3v) is 6.35. The molecule has 1 atom stereocenters. The van der Waals surface area contributed by atoms with E-state index in [0.717, 1.165) is 36.5 Å². The highest BCUT2D eigenvalue weighted by Gasteiger charge is 2.39. The zero-order chi connectivity index (χ0) is 21.4. The van der Waals surface area contributed by atoms with Crippen LogP contribution in [0, 0.1) is 0 Å². The smallest absolute Gasteiger partial charge is 0.255 e. The Morgan fingerprint density at radius 1 is 1.06 bits per heavy atom. The number of aromatic nitrogens is 3. The van der Waals surface area contributed by atoms with Gasteiger partial charge < -0.3 is 4.90 Å². The molecule has 1 aromatic carbocycles. The number of hydrogen-bond acceptors (Lipinski definition) is 6. The normalized spacial score (nSPS) is 22.0. The fourth-order valence-electron chi connectivity index (χ4n) is 4.75. The number of carbonyl (C=O) groups excluding carboxylic acids is 3. The standard InChI is InChI=1S/C22H26N6O3/c29-20-7-6-19(21(30)23-20)28-12-16-10-15(4-5-18(16)22(28)31)11-27-14-17(24-25-27)13-26-8-2-1-3-9-26/h4-5,10,14,19H,1-3,6-9,11-13H2,(H,23,29,30). The zero-order valence-corrected chi connectivity index (χ0v) is 17.4. The second-order valence-corrected chi connectivity index (χ2v) is 8.64. The molecule has 0 bridgehead atoms. The van der Waals surface area contributed by atoms with Crippen molar-refractivity contribution in [3.05, 3.63) is 46.8 Å². The molecule has 3 aliphatic heterocycles. The molecule has 0 spiro atoms. The van der Waals surface area contributed by atoms with E-state index in [-0.39, 0.29) is 24.1 Å². The van der Waals surface area contributed by atoms with Crippen molar-refractivity contribution in [3.8, 4) is 0 Å². The quantitative estimate of drug-likeness (QED) is 0.724. The van der Waals surface area contributed by atoms with Gasteiger partial charge in [0.2, 0.25) is 11.8 Å². The van der Waals surface area contributed by atoms with Crippen LogP contribution in [0.2, 0.25) is 0 Å². The molecule has 3 aliphatic rings. The summed E-state index contributed by atoms with van der Waals surface area (Å²) in [6.45, 7) is 4.03. The van der Waals surface area contributed by atoms with Crippen LogP contribution in [0.5, 0.6) is 0 Å². The molecule has 1 N–H and O–H groups in total. The Kier molecular flexibility index (Phi) is 5.27. The van der Waals surface area contributed by atoms with E-state index in [2.05, 4.69) is 20.5 Å². The fraction of sp³-hybridized carbons (Fsp3) is 0.500. The van der Waals surface area contributed by atoms with Gasteiger partial charge in [-0.25, -0.2) is 4.68 Å². The summed E-state index contributed by atoms with van der Waals surface area (Å²) in [6.07, 6.45) is 6.42. The lowest BCUT2D eigenvalue weighted by molar-refractivity contribution is -0.136. The SMILES string of the molecule is O=C1CCC(N2Cc3cc(Cn4cc(CN5CCCCC5)nn4)ccc3C2=O)C(=O)N1. The molecule has 2 aromatic rings. The summed E-state index contributed by atoms with van der Waals surface area (Å²) in [5.74, 6) is -0.817. The number of likely N-dealkylation sites (tertiary alicyclic amines) is 1. The lowest BCUT2D eigenvalue weighted by Gasteiger charge is -2.29. The summed E-state index contributed by atoms with van der Waals surface area (Å²) >= 11 is 0. The van der Waals surface area contributed by atoms with E-state index >= 15 is 0 Å². The van der Waals surface area contributed by atoms with Crippen LogP contribution in [0.4, 0.5) is 0 Å². The molecule has 0 aliphatic carbocycles. The predicted molar refractivity (Wildman–Crippen MR) is 111 cm³/mol. The Bertz CT molecular complexity index is 1030. The lowest BCUT2D eigenvalue weighted by Crippen LogP contribution is -2.52. The average Bonchev–Trinajstić information content (AvgIpc) is 3.33. The Hall–Kier alpha value is -3.07. The van der Waals surface area contributed by atoms with Crippen molar-refractivity contribution in [2.24, 2.45) is 0 Å². The lowest BCUT2D eigenvalue weighted by atomic mass is 10.0. The second kappa shape index (κ2) is 8.22. The molecule has 162 valence electrons. The van der Waals surface area contributed by atoms with Crippen LogP contribution in [0.15, 0.2) is 24.4 Å². The Morgan fingerprint density at radius 2 is 1.90 bits per heavy atom. The average molecular weight is 422 g/mol. The van der Waals surface area contributed by atoms with Crippen LogP contribution < -0.4 is 5.32 Å². The highest BCUT2D eigenvalue weighted by molar-refractivity contribution is 6.05. The van der Waals surface area contributed by atoms with E-state index in [9.17, 15) is 14.4 Å². The first kappa shape index (κ1) is 19.9. The van der Waals surface area contributed by atoms with Crippen LogP contribution in [-0.4, -0.2) is 61.6 Å². The number of amides is 3. The van der Waals surface area contributed by atoms with Crippen molar-refractivity contribution in [2.75, 3.05) is 13.1 Å². The Balaban J connectivity index is 1.25. The summed E-state index contributed by atoms with van der Waals surface area (Å²) in [6, 6.07) is 5.17. The first-order valence-corrected chi connectivity index (χ1v) is 10.9. The summed E-state index contributed by atoms with van der Waals surface area (Å²) in [7, 11) is 0. The molecule has 2 fully saturated rings. The van der Waals surface area contributed by atoms with Crippen LogP contribution in [0.1, 0.15) is 59.3 Å². The highest BCUT2D eigenvalue weighted by Crippen LogP contribution is 2.28. The molecule has 3 amide bonds. The van der Waals surface area contributed by atoms with Crippen molar-refractivity contribution >= 4 is 17.7 Å². The molecule has 31 heavy (non-hydrogen) atoms. The van der Waals surface area contributed by atoms with E-state index < -0.39 is 6.04 Å².